The molecule has 0 atom stereocenters. The summed E-state index contributed by atoms with van der Waals surface area (Å²) in [4.78, 5) is 0. The molecule has 2 saturated carbocycles. The van der Waals surface area contributed by atoms with Crippen molar-refractivity contribution in [1.82, 2.24) is 0 Å². The van der Waals surface area contributed by atoms with Gasteiger partial charge in [-0.05, 0) is 31.6 Å². The van der Waals surface area contributed by atoms with Crippen LogP contribution >= 0.6 is 15.9 Å². The van der Waals surface area contributed by atoms with E-state index >= 15 is 0 Å². The first-order valence-corrected chi connectivity index (χ1v) is 8.17. The standard InChI is InChI=1S/C14H25BrO/c15-12-14(9-5-6-10-14)16-11-13-7-3-1-2-4-8-13/h13H,1-12H2. The largest absolute Gasteiger partial charge is 0.374 e. The van der Waals surface area contributed by atoms with Crippen molar-refractivity contribution in [2.45, 2.75) is 69.8 Å². The van der Waals surface area contributed by atoms with Crippen molar-refractivity contribution in [3.05, 3.63) is 0 Å². The quantitative estimate of drug-likeness (QED) is 0.539. The third-order valence-electron chi connectivity index (χ3n) is 4.36. The Bertz CT molecular complexity index is 191. The van der Waals surface area contributed by atoms with Crippen molar-refractivity contribution in [3.8, 4) is 0 Å². The minimum absolute atomic E-state index is 0.201. The minimum Gasteiger partial charge on any atom is -0.374 e. The molecule has 0 saturated heterocycles. The summed E-state index contributed by atoms with van der Waals surface area (Å²) in [6.07, 6.45) is 13.8. The van der Waals surface area contributed by atoms with Gasteiger partial charge in [-0.25, -0.2) is 0 Å². The molecule has 0 aromatic carbocycles. The minimum atomic E-state index is 0.201. The molecule has 0 aromatic heterocycles. The van der Waals surface area contributed by atoms with Gasteiger partial charge in [0.1, 0.15) is 0 Å². The Labute approximate surface area is 108 Å². The molecule has 94 valence electrons. The summed E-state index contributed by atoms with van der Waals surface area (Å²) in [6, 6.07) is 0. The Morgan fingerprint density at radius 3 is 2.12 bits per heavy atom. The average Bonchev–Trinajstić information content (AvgIpc) is 2.63. The Hall–Kier alpha value is 0.440. The van der Waals surface area contributed by atoms with Crippen LogP contribution in [0.15, 0.2) is 0 Å². The van der Waals surface area contributed by atoms with Crippen molar-refractivity contribution in [1.29, 1.82) is 0 Å². The molecule has 0 heterocycles. The van der Waals surface area contributed by atoms with Gasteiger partial charge in [0.05, 0.1) is 12.2 Å². The van der Waals surface area contributed by atoms with Crippen LogP contribution in [0.4, 0.5) is 0 Å². The zero-order valence-electron chi connectivity index (χ0n) is 10.3. The van der Waals surface area contributed by atoms with Gasteiger partial charge in [-0.1, -0.05) is 54.5 Å². The van der Waals surface area contributed by atoms with Gasteiger partial charge in [0, 0.05) is 5.33 Å². The number of rotatable bonds is 4. The van der Waals surface area contributed by atoms with E-state index in [2.05, 4.69) is 15.9 Å². The van der Waals surface area contributed by atoms with E-state index in [-0.39, 0.29) is 5.60 Å². The van der Waals surface area contributed by atoms with Crippen molar-refractivity contribution in [3.63, 3.8) is 0 Å². The van der Waals surface area contributed by atoms with Gasteiger partial charge < -0.3 is 4.74 Å². The molecular weight excluding hydrogens is 264 g/mol. The first-order chi connectivity index (χ1) is 7.85. The molecule has 0 spiro atoms. The molecule has 0 amide bonds. The lowest BCUT2D eigenvalue weighted by Crippen LogP contribution is -2.33. The van der Waals surface area contributed by atoms with Gasteiger partial charge in [0.2, 0.25) is 0 Å². The second-order valence-corrected chi connectivity index (χ2v) is 6.25. The summed E-state index contributed by atoms with van der Waals surface area (Å²) in [5, 5.41) is 1.03. The second-order valence-electron chi connectivity index (χ2n) is 5.69. The second kappa shape index (κ2) is 6.39. The molecule has 2 heteroatoms. The van der Waals surface area contributed by atoms with Crippen molar-refractivity contribution < 1.29 is 4.74 Å². The summed E-state index contributed by atoms with van der Waals surface area (Å²) in [7, 11) is 0. The number of alkyl halides is 1. The SMILES string of the molecule is BrCC1(OCC2CCCCCC2)CCCC1. The monoisotopic (exact) mass is 288 g/mol. The molecular formula is C14H25BrO. The van der Waals surface area contributed by atoms with E-state index in [0.29, 0.717) is 0 Å². The van der Waals surface area contributed by atoms with Gasteiger partial charge in [-0.3, -0.25) is 0 Å². The van der Waals surface area contributed by atoms with Crippen LogP contribution in [0.25, 0.3) is 0 Å². The third kappa shape index (κ3) is 3.46. The van der Waals surface area contributed by atoms with E-state index in [1.165, 1.54) is 64.2 Å². The van der Waals surface area contributed by atoms with Gasteiger partial charge in [0.15, 0.2) is 0 Å². The van der Waals surface area contributed by atoms with Crippen molar-refractivity contribution in [2.75, 3.05) is 11.9 Å². The molecule has 0 unspecified atom stereocenters. The maximum absolute atomic E-state index is 6.29. The van der Waals surface area contributed by atoms with E-state index in [1.807, 2.05) is 0 Å². The van der Waals surface area contributed by atoms with Crippen LogP contribution < -0.4 is 0 Å². The highest BCUT2D eigenvalue weighted by molar-refractivity contribution is 9.09. The molecule has 2 aliphatic rings. The molecule has 2 aliphatic carbocycles. The summed E-state index contributed by atoms with van der Waals surface area (Å²) in [6.45, 7) is 1.02. The van der Waals surface area contributed by atoms with E-state index in [0.717, 1.165) is 17.9 Å². The first kappa shape index (κ1) is 12.9. The van der Waals surface area contributed by atoms with Gasteiger partial charge in [0.25, 0.3) is 0 Å². The van der Waals surface area contributed by atoms with Gasteiger partial charge in [-0.15, -0.1) is 0 Å². The Kier molecular flexibility index (Phi) is 5.15. The average molecular weight is 289 g/mol. The molecule has 2 rings (SSSR count). The number of halogens is 1. The van der Waals surface area contributed by atoms with E-state index in [1.54, 1.807) is 0 Å². The lowest BCUT2D eigenvalue weighted by molar-refractivity contribution is -0.0409. The van der Waals surface area contributed by atoms with Crippen LogP contribution in [-0.2, 0) is 4.74 Å². The predicted molar refractivity (Wildman–Crippen MR) is 72.1 cm³/mol. The molecule has 0 bridgehead atoms. The molecule has 0 radical (unpaired) electrons. The van der Waals surface area contributed by atoms with E-state index in [9.17, 15) is 0 Å². The van der Waals surface area contributed by atoms with Crippen LogP contribution in [0.1, 0.15) is 64.2 Å². The van der Waals surface area contributed by atoms with Crippen LogP contribution in [0, 0.1) is 5.92 Å². The summed E-state index contributed by atoms with van der Waals surface area (Å²) in [5.74, 6) is 0.846. The fourth-order valence-corrected chi connectivity index (χ4v) is 3.88. The summed E-state index contributed by atoms with van der Waals surface area (Å²) in [5.41, 5.74) is 0.201. The maximum Gasteiger partial charge on any atom is 0.0779 e. The smallest absolute Gasteiger partial charge is 0.0779 e. The zero-order chi connectivity index (χ0) is 11.3. The Morgan fingerprint density at radius 2 is 1.56 bits per heavy atom. The summed E-state index contributed by atoms with van der Waals surface area (Å²) >= 11 is 3.65. The highest BCUT2D eigenvalue weighted by atomic mass is 79.9. The third-order valence-corrected chi connectivity index (χ3v) is 5.38. The normalized spacial score (nSPS) is 26.8. The van der Waals surface area contributed by atoms with Crippen LogP contribution in [0.3, 0.4) is 0 Å². The maximum atomic E-state index is 6.29. The lowest BCUT2D eigenvalue weighted by atomic mass is 10.0. The van der Waals surface area contributed by atoms with Crippen LogP contribution in [-0.4, -0.2) is 17.5 Å². The fraction of sp³-hybridized carbons (Fsp3) is 1.00. The van der Waals surface area contributed by atoms with Crippen molar-refractivity contribution in [2.24, 2.45) is 5.92 Å². The van der Waals surface area contributed by atoms with Gasteiger partial charge in [-0.2, -0.15) is 0 Å². The Morgan fingerprint density at radius 1 is 0.938 bits per heavy atom. The molecule has 0 N–H and O–H groups in total. The van der Waals surface area contributed by atoms with Crippen molar-refractivity contribution >= 4 is 15.9 Å². The number of ether oxygens (including phenoxy) is 1. The Balaban J connectivity index is 1.76. The fourth-order valence-electron chi connectivity index (χ4n) is 3.16. The summed E-state index contributed by atoms with van der Waals surface area (Å²) < 4.78 is 6.29. The molecule has 0 aromatic rings. The van der Waals surface area contributed by atoms with Crippen LogP contribution in [0.2, 0.25) is 0 Å². The topological polar surface area (TPSA) is 9.23 Å². The predicted octanol–water partition coefficient (Wildman–Crippen LogP) is 4.68. The number of hydrogen-bond acceptors (Lipinski definition) is 1. The number of hydrogen-bond donors (Lipinski definition) is 0. The molecule has 1 nitrogen and oxygen atoms in total. The van der Waals surface area contributed by atoms with Gasteiger partial charge >= 0.3 is 0 Å². The van der Waals surface area contributed by atoms with E-state index < -0.39 is 0 Å². The lowest BCUT2D eigenvalue weighted by Gasteiger charge is -2.29. The van der Waals surface area contributed by atoms with Crippen LogP contribution in [0.5, 0.6) is 0 Å². The molecule has 16 heavy (non-hydrogen) atoms. The zero-order valence-corrected chi connectivity index (χ0v) is 11.9. The molecule has 0 aliphatic heterocycles. The first-order valence-electron chi connectivity index (χ1n) is 7.05. The highest BCUT2D eigenvalue weighted by Gasteiger charge is 2.34. The van der Waals surface area contributed by atoms with E-state index in [4.69, 9.17) is 4.74 Å². The molecule has 2 fully saturated rings. The highest BCUT2D eigenvalue weighted by Crippen LogP contribution is 2.36.